The lowest BCUT2D eigenvalue weighted by Gasteiger charge is -1.98. The number of aryl methyl sites for hydroxylation is 2. The Balaban J connectivity index is 0.000000424. The Morgan fingerprint density at radius 1 is 1.31 bits per heavy atom. The van der Waals surface area contributed by atoms with Gasteiger partial charge in [-0.1, -0.05) is 39.0 Å². The van der Waals surface area contributed by atoms with Crippen molar-refractivity contribution >= 4 is 6.08 Å². The minimum Gasteiger partial charge on any atom is -0.258 e. The molecule has 0 saturated carbocycles. The standard InChI is InChI=1S/C9H11N.C3H8/c1-4-9-6-5-7(2)10-8(9)3;1-3-2/h4-6H,1H2,2-3H3;3H2,1-2H3. The van der Waals surface area contributed by atoms with Gasteiger partial charge in [0.1, 0.15) is 0 Å². The number of hydrogen-bond acceptors (Lipinski definition) is 1. The molecule has 0 aromatic carbocycles. The second-order valence-electron chi connectivity index (χ2n) is 3.04. The van der Waals surface area contributed by atoms with Crippen molar-refractivity contribution in [3.05, 3.63) is 35.7 Å². The monoisotopic (exact) mass is 177 g/mol. The minimum atomic E-state index is 1.05. The molecule has 0 unspecified atom stereocenters. The average molecular weight is 177 g/mol. The molecular weight excluding hydrogens is 158 g/mol. The molecule has 13 heavy (non-hydrogen) atoms. The Kier molecular flexibility index (Phi) is 5.86. The van der Waals surface area contributed by atoms with E-state index in [9.17, 15) is 0 Å². The van der Waals surface area contributed by atoms with Crippen LogP contribution >= 0.6 is 0 Å². The van der Waals surface area contributed by atoms with Crippen LogP contribution in [-0.4, -0.2) is 4.98 Å². The molecular formula is C12H19N. The van der Waals surface area contributed by atoms with Crippen molar-refractivity contribution in [2.75, 3.05) is 0 Å². The molecule has 0 radical (unpaired) electrons. The SMILES string of the molecule is C=Cc1ccc(C)nc1C.CCC. The molecule has 1 aromatic rings. The van der Waals surface area contributed by atoms with Crippen molar-refractivity contribution in [1.29, 1.82) is 0 Å². The van der Waals surface area contributed by atoms with Gasteiger partial charge in [0.25, 0.3) is 0 Å². The summed E-state index contributed by atoms with van der Waals surface area (Å²) in [4.78, 5) is 4.27. The molecule has 0 spiro atoms. The summed E-state index contributed by atoms with van der Waals surface area (Å²) in [6, 6.07) is 4.02. The predicted molar refractivity (Wildman–Crippen MR) is 59.8 cm³/mol. The maximum absolute atomic E-state index is 4.27. The molecule has 1 aromatic heterocycles. The van der Waals surface area contributed by atoms with Crippen molar-refractivity contribution in [2.45, 2.75) is 34.1 Å². The molecule has 0 N–H and O–H groups in total. The number of hydrogen-bond donors (Lipinski definition) is 0. The van der Waals surface area contributed by atoms with Gasteiger partial charge in [-0.2, -0.15) is 0 Å². The highest BCUT2D eigenvalue weighted by atomic mass is 14.7. The first-order valence-corrected chi connectivity index (χ1v) is 4.72. The van der Waals surface area contributed by atoms with E-state index in [1.807, 2.05) is 32.1 Å². The van der Waals surface area contributed by atoms with Gasteiger partial charge < -0.3 is 0 Å². The Labute approximate surface area is 81.5 Å². The summed E-state index contributed by atoms with van der Waals surface area (Å²) >= 11 is 0. The lowest BCUT2D eigenvalue weighted by atomic mass is 10.2. The van der Waals surface area contributed by atoms with Crippen molar-refractivity contribution in [2.24, 2.45) is 0 Å². The first-order valence-electron chi connectivity index (χ1n) is 4.72. The van der Waals surface area contributed by atoms with Crippen LogP contribution in [0.1, 0.15) is 37.2 Å². The van der Waals surface area contributed by atoms with E-state index in [4.69, 9.17) is 0 Å². The van der Waals surface area contributed by atoms with Crippen molar-refractivity contribution in [3.63, 3.8) is 0 Å². The van der Waals surface area contributed by atoms with Gasteiger partial charge in [0.15, 0.2) is 0 Å². The zero-order chi connectivity index (χ0) is 10.3. The van der Waals surface area contributed by atoms with Crippen LogP contribution in [0.25, 0.3) is 6.08 Å². The Morgan fingerprint density at radius 2 is 1.85 bits per heavy atom. The summed E-state index contributed by atoms with van der Waals surface area (Å²) in [7, 11) is 0. The third-order valence-corrected chi connectivity index (χ3v) is 1.49. The van der Waals surface area contributed by atoms with Crippen LogP contribution in [0.5, 0.6) is 0 Å². The number of rotatable bonds is 1. The molecule has 72 valence electrons. The topological polar surface area (TPSA) is 12.9 Å². The predicted octanol–water partition coefficient (Wildman–Crippen LogP) is 3.76. The fourth-order valence-corrected chi connectivity index (χ4v) is 0.913. The molecule has 1 nitrogen and oxygen atoms in total. The molecule has 0 aliphatic carbocycles. The molecule has 0 bridgehead atoms. The van der Waals surface area contributed by atoms with Crippen LogP contribution in [0, 0.1) is 13.8 Å². The second kappa shape index (κ2) is 6.41. The quantitative estimate of drug-likeness (QED) is 0.636. The van der Waals surface area contributed by atoms with E-state index in [0.29, 0.717) is 0 Å². The number of nitrogens with zero attached hydrogens (tertiary/aromatic N) is 1. The maximum Gasteiger partial charge on any atom is 0.0447 e. The summed E-state index contributed by atoms with van der Waals surface area (Å²) in [6.45, 7) is 11.9. The Bertz CT molecular complexity index is 264. The first-order chi connectivity index (χ1) is 6.15. The van der Waals surface area contributed by atoms with Crippen molar-refractivity contribution in [1.82, 2.24) is 4.98 Å². The lowest BCUT2D eigenvalue weighted by molar-refractivity contribution is 1.09. The fraction of sp³-hybridized carbons (Fsp3) is 0.417. The average Bonchev–Trinajstić information content (AvgIpc) is 2.06. The van der Waals surface area contributed by atoms with E-state index in [-0.39, 0.29) is 0 Å². The minimum absolute atomic E-state index is 1.05. The van der Waals surface area contributed by atoms with E-state index in [2.05, 4.69) is 25.4 Å². The molecule has 0 aliphatic rings. The molecule has 0 amide bonds. The van der Waals surface area contributed by atoms with Crippen molar-refractivity contribution in [3.8, 4) is 0 Å². The lowest BCUT2D eigenvalue weighted by Crippen LogP contribution is -1.87. The zero-order valence-corrected chi connectivity index (χ0v) is 9.09. The van der Waals surface area contributed by atoms with Crippen LogP contribution in [0.2, 0.25) is 0 Å². The Morgan fingerprint density at radius 3 is 2.23 bits per heavy atom. The highest BCUT2D eigenvalue weighted by Gasteiger charge is 1.92. The summed E-state index contributed by atoms with van der Waals surface area (Å²) in [5, 5.41) is 0. The molecule has 1 heteroatoms. The molecule has 1 rings (SSSR count). The normalized spacial score (nSPS) is 8.62. The fourth-order valence-electron chi connectivity index (χ4n) is 0.913. The zero-order valence-electron chi connectivity index (χ0n) is 9.09. The Hall–Kier alpha value is -1.11. The maximum atomic E-state index is 4.27. The summed E-state index contributed by atoms with van der Waals surface area (Å²) in [5.41, 5.74) is 3.23. The van der Waals surface area contributed by atoms with E-state index in [0.717, 1.165) is 17.0 Å². The largest absolute Gasteiger partial charge is 0.258 e. The van der Waals surface area contributed by atoms with Gasteiger partial charge in [-0.15, -0.1) is 0 Å². The van der Waals surface area contributed by atoms with E-state index < -0.39 is 0 Å². The third kappa shape index (κ3) is 4.46. The van der Waals surface area contributed by atoms with Crippen molar-refractivity contribution < 1.29 is 0 Å². The second-order valence-corrected chi connectivity index (χ2v) is 3.04. The van der Waals surface area contributed by atoms with E-state index >= 15 is 0 Å². The third-order valence-electron chi connectivity index (χ3n) is 1.49. The van der Waals surface area contributed by atoms with Gasteiger partial charge in [0, 0.05) is 11.4 Å². The van der Waals surface area contributed by atoms with Gasteiger partial charge in [0.05, 0.1) is 0 Å². The van der Waals surface area contributed by atoms with Crippen LogP contribution in [0.4, 0.5) is 0 Å². The molecule has 0 aliphatic heterocycles. The van der Waals surface area contributed by atoms with Crippen LogP contribution in [-0.2, 0) is 0 Å². The van der Waals surface area contributed by atoms with Gasteiger partial charge in [-0.3, -0.25) is 4.98 Å². The molecule has 0 fully saturated rings. The van der Waals surface area contributed by atoms with Gasteiger partial charge in [-0.05, 0) is 25.5 Å². The summed E-state index contributed by atoms with van der Waals surface area (Å²) in [6.07, 6.45) is 3.07. The van der Waals surface area contributed by atoms with Crippen LogP contribution < -0.4 is 0 Å². The van der Waals surface area contributed by atoms with Crippen LogP contribution in [0.15, 0.2) is 18.7 Å². The highest BCUT2D eigenvalue weighted by molar-refractivity contribution is 5.49. The summed E-state index contributed by atoms with van der Waals surface area (Å²) < 4.78 is 0. The number of pyridine rings is 1. The number of aromatic nitrogens is 1. The smallest absolute Gasteiger partial charge is 0.0447 e. The van der Waals surface area contributed by atoms with Gasteiger partial charge >= 0.3 is 0 Å². The van der Waals surface area contributed by atoms with Gasteiger partial charge in [-0.25, -0.2) is 0 Å². The first kappa shape index (κ1) is 11.9. The van der Waals surface area contributed by atoms with E-state index in [1.54, 1.807) is 0 Å². The summed E-state index contributed by atoms with van der Waals surface area (Å²) in [5.74, 6) is 0. The van der Waals surface area contributed by atoms with Crippen LogP contribution in [0.3, 0.4) is 0 Å². The molecule has 0 saturated heterocycles. The van der Waals surface area contributed by atoms with E-state index in [1.165, 1.54) is 6.42 Å². The highest BCUT2D eigenvalue weighted by Crippen LogP contribution is 2.06. The van der Waals surface area contributed by atoms with Gasteiger partial charge in [0.2, 0.25) is 0 Å². The molecule has 1 heterocycles. The molecule has 0 atom stereocenters.